The van der Waals surface area contributed by atoms with Gasteiger partial charge in [0, 0.05) is 6.54 Å². The van der Waals surface area contributed by atoms with E-state index in [-0.39, 0.29) is 0 Å². The van der Waals surface area contributed by atoms with E-state index in [0.29, 0.717) is 23.8 Å². The highest BCUT2D eigenvalue weighted by atomic mass is 16.5. The van der Waals surface area contributed by atoms with Crippen LogP contribution in [0.2, 0.25) is 0 Å². The molecule has 0 unspecified atom stereocenters. The molecular formula is C10H15N5O. The first-order chi connectivity index (χ1) is 7.66. The van der Waals surface area contributed by atoms with Gasteiger partial charge in [-0.1, -0.05) is 0 Å². The lowest BCUT2D eigenvalue weighted by Gasteiger charge is -2.09. The van der Waals surface area contributed by atoms with Gasteiger partial charge < -0.3 is 15.4 Å². The number of anilines is 1. The molecule has 0 aromatic carbocycles. The molecule has 2 aromatic heterocycles. The number of likely N-dealkylation sites (N-methyl/N-ethyl adjacent to an activating group) is 1. The number of hydrogen-bond donors (Lipinski definition) is 2. The summed E-state index contributed by atoms with van der Waals surface area (Å²) in [4.78, 5) is 6.15. The summed E-state index contributed by atoms with van der Waals surface area (Å²) in [6.45, 7) is 1.42. The van der Waals surface area contributed by atoms with E-state index in [9.17, 15) is 0 Å². The van der Waals surface area contributed by atoms with E-state index in [1.807, 2.05) is 19.0 Å². The molecule has 6 heteroatoms. The summed E-state index contributed by atoms with van der Waals surface area (Å²) in [6.07, 6.45) is 1.59. The van der Waals surface area contributed by atoms with Crippen molar-refractivity contribution in [3.8, 4) is 5.88 Å². The number of fused-ring (bicyclic) bond motifs is 1. The van der Waals surface area contributed by atoms with Crippen LogP contribution in [0.1, 0.15) is 0 Å². The summed E-state index contributed by atoms with van der Waals surface area (Å²) in [7, 11) is 3.98. The number of nitrogen functional groups attached to an aromatic ring is 1. The third-order valence-electron chi connectivity index (χ3n) is 2.18. The zero-order valence-corrected chi connectivity index (χ0v) is 9.40. The molecule has 0 saturated heterocycles. The average molecular weight is 221 g/mol. The number of nitrogens with zero attached hydrogens (tertiary/aromatic N) is 3. The molecular weight excluding hydrogens is 206 g/mol. The third-order valence-corrected chi connectivity index (χ3v) is 2.18. The second-order valence-corrected chi connectivity index (χ2v) is 3.85. The summed E-state index contributed by atoms with van der Waals surface area (Å²) < 4.78 is 5.55. The highest BCUT2D eigenvalue weighted by Gasteiger charge is 2.07. The van der Waals surface area contributed by atoms with Gasteiger partial charge in [-0.25, -0.2) is 4.98 Å². The van der Waals surface area contributed by atoms with Crippen molar-refractivity contribution in [1.82, 2.24) is 20.1 Å². The van der Waals surface area contributed by atoms with Crippen LogP contribution in [0, 0.1) is 0 Å². The average Bonchev–Trinajstić information content (AvgIpc) is 2.60. The van der Waals surface area contributed by atoms with Gasteiger partial charge in [-0.2, -0.15) is 0 Å². The van der Waals surface area contributed by atoms with Crippen LogP contribution in [0.4, 0.5) is 5.69 Å². The topological polar surface area (TPSA) is 80.1 Å². The summed E-state index contributed by atoms with van der Waals surface area (Å²) in [5, 5.41) is 7.67. The Bertz CT molecular complexity index is 479. The largest absolute Gasteiger partial charge is 0.475 e. The number of ether oxygens (including phenoxy) is 1. The number of hydrogen-bond acceptors (Lipinski definition) is 5. The standard InChI is InChI=1S/C10H15N5O/c1-15(2)3-4-16-10-8-5-7(11)6-12-9(8)13-14-10/h5-6H,3-4,11H2,1-2H3,(H,12,13,14). The van der Waals surface area contributed by atoms with E-state index in [2.05, 4.69) is 15.2 Å². The van der Waals surface area contributed by atoms with E-state index in [1.54, 1.807) is 12.3 Å². The van der Waals surface area contributed by atoms with E-state index >= 15 is 0 Å². The van der Waals surface area contributed by atoms with Gasteiger partial charge in [-0.15, -0.1) is 5.10 Å². The SMILES string of the molecule is CN(C)CCOc1n[nH]c2ncc(N)cc12. The van der Waals surface area contributed by atoms with Crippen molar-refractivity contribution in [1.29, 1.82) is 0 Å². The lowest BCUT2D eigenvalue weighted by Crippen LogP contribution is -2.19. The Morgan fingerprint density at radius 3 is 3.06 bits per heavy atom. The lowest BCUT2D eigenvalue weighted by molar-refractivity contribution is 0.256. The zero-order valence-electron chi connectivity index (χ0n) is 9.40. The maximum atomic E-state index is 5.66. The predicted octanol–water partition coefficient (Wildman–Crippen LogP) is 0.480. The van der Waals surface area contributed by atoms with Crippen LogP contribution in [0.3, 0.4) is 0 Å². The smallest absolute Gasteiger partial charge is 0.242 e. The molecule has 16 heavy (non-hydrogen) atoms. The molecule has 0 bridgehead atoms. The molecule has 0 aliphatic heterocycles. The number of aromatic nitrogens is 3. The predicted molar refractivity (Wildman–Crippen MR) is 62.4 cm³/mol. The van der Waals surface area contributed by atoms with Crippen LogP contribution in [0.15, 0.2) is 12.3 Å². The molecule has 0 amide bonds. The van der Waals surface area contributed by atoms with E-state index in [4.69, 9.17) is 10.5 Å². The monoisotopic (exact) mass is 221 g/mol. The van der Waals surface area contributed by atoms with Gasteiger partial charge in [0.25, 0.3) is 0 Å². The molecule has 2 rings (SSSR count). The highest BCUT2D eigenvalue weighted by molar-refractivity contribution is 5.83. The van der Waals surface area contributed by atoms with Gasteiger partial charge in [0.15, 0.2) is 5.65 Å². The molecule has 0 aliphatic rings. The summed E-state index contributed by atoms with van der Waals surface area (Å²) >= 11 is 0. The number of H-pyrrole nitrogens is 1. The number of aromatic amines is 1. The fourth-order valence-electron chi connectivity index (χ4n) is 1.33. The zero-order chi connectivity index (χ0) is 11.5. The van der Waals surface area contributed by atoms with Crippen molar-refractivity contribution in [3.63, 3.8) is 0 Å². The molecule has 0 saturated carbocycles. The van der Waals surface area contributed by atoms with Crippen molar-refractivity contribution in [2.75, 3.05) is 33.0 Å². The Morgan fingerprint density at radius 2 is 2.31 bits per heavy atom. The lowest BCUT2D eigenvalue weighted by atomic mass is 10.3. The van der Waals surface area contributed by atoms with Crippen molar-refractivity contribution in [3.05, 3.63) is 12.3 Å². The minimum Gasteiger partial charge on any atom is -0.475 e. The van der Waals surface area contributed by atoms with Gasteiger partial charge in [-0.3, -0.25) is 5.10 Å². The molecule has 0 fully saturated rings. The van der Waals surface area contributed by atoms with Crippen molar-refractivity contribution >= 4 is 16.7 Å². The van der Waals surface area contributed by atoms with Gasteiger partial charge in [0.2, 0.25) is 5.88 Å². The van der Waals surface area contributed by atoms with Crippen LogP contribution in [-0.2, 0) is 0 Å². The van der Waals surface area contributed by atoms with Crippen molar-refractivity contribution < 1.29 is 4.74 Å². The Hall–Kier alpha value is -1.82. The first-order valence-corrected chi connectivity index (χ1v) is 5.04. The van der Waals surface area contributed by atoms with Crippen LogP contribution in [0.5, 0.6) is 5.88 Å². The number of nitrogens with two attached hydrogens (primary N) is 1. The van der Waals surface area contributed by atoms with Gasteiger partial charge in [0.05, 0.1) is 17.3 Å². The van der Waals surface area contributed by atoms with E-state index < -0.39 is 0 Å². The van der Waals surface area contributed by atoms with Gasteiger partial charge >= 0.3 is 0 Å². The number of pyridine rings is 1. The summed E-state index contributed by atoms with van der Waals surface area (Å²) in [6, 6.07) is 1.80. The fourth-order valence-corrected chi connectivity index (χ4v) is 1.33. The van der Waals surface area contributed by atoms with Gasteiger partial charge in [0.1, 0.15) is 6.61 Å². The molecule has 3 N–H and O–H groups in total. The molecule has 2 heterocycles. The summed E-state index contributed by atoms with van der Waals surface area (Å²) in [5.41, 5.74) is 6.95. The van der Waals surface area contributed by atoms with E-state index in [0.717, 1.165) is 11.9 Å². The maximum absolute atomic E-state index is 5.66. The Morgan fingerprint density at radius 1 is 1.50 bits per heavy atom. The first kappa shape index (κ1) is 10.7. The van der Waals surface area contributed by atoms with Crippen molar-refractivity contribution in [2.45, 2.75) is 0 Å². The maximum Gasteiger partial charge on any atom is 0.242 e. The second-order valence-electron chi connectivity index (χ2n) is 3.85. The normalized spacial score (nSPS) is 11.2. The number of rotatable bonds is 4. The van der Waals surface area contributed by atoms with Crippen LogP contribution >= 0.6 is 0 Å². The molecule has 2 aromatic rings. The Balaban J connectivity index is 2.15. The second kappa shape index (κ2) is 4.36. The van der Waals surface area contributed by atoms with Gasteiger partial charge in [-0.05, 0) is 20.2 Å². The number of nitrogens with one attached hydrogen (secondary N) is 1. The molecule has 0 aliphatic carbocycles. The highest BCUT2D eigenvalue weighted by Crippen LogP contribution is 2.22. The minimum atomic E-state index is 0.552. The molecule has 0 spiro atoms. The molecule has 6 nitrogen and oxygen atoms in total. The Labute approximate surface area is 93.4 Å². The minimum absolute atomic E-state index is 0.552. The van der Waals surface area contributed by atoms with E-state index in [1.165, 1.54) is 0 Å². The third kappa shape index (κ3) is 2.22. The first-order valence-electron chi connectivity index (χ1n) is 5.04. The molecule has 0 radical (unpaired) electrons. The molecule has 0 atom stereocenters. The summed E-state index contributed by atoms with van der Waals surface area (Å²) in [5.74, 6) is 0.552. The molecule has 86 valence electrons. The van der Waals surface area contributed by atoms with Crippen LogP contribution in [0.25, 0.3) is 11.0 Å². The van der Waals surface area contributed by atoms with Crippen LogP contribution in [-0.4, -0.2) is 47.3 Å². The Kier molecular flexibility index (Phi) is 2.91. The van der Waals surface area contributed by atoms with Crippen LogP contribution < -0.4 is 10.5 Å². The quantitative estimate of drug-likeness (QED) is 0.785. The van der Waals surface area contributed by atoms with Crippen molar-refractivity contribution in [2.24, 2.45) is 0 Å². The fraction of sp³-hybridized carbons (Fsp3) is 0.400.